The standard InChI is InChI=1S/C33H69NO/c1-3-5-6-7-8-9-10-11-12-13-14-15-16-17-18-19-20-21-22-23-24-25-26-27-28-29-30-31-32-34-33(35)4-2/h33-35H,3-32H2,1-2H3. The number of aliphatic hydroxyl groups excluding tert-OH is 1. The second-order valence-electron chi connectivity index (χ2n) is 11.4. The van der Waals surface area contributed by atoms with Crippen molar-refractivity contribution in [3.63, 3.8) is 0 Å². The molecular formula is C33H69NO. The highest BCUT2D eigenvalue weighted by atomic mass is 16.3. The molecule has 0 aliphatic heterocycles. The maximum Gasteiger partial charge on any atom is 0.104 e. The average Bonchev–Trinajstić information content (AvgIpc) is 2.87. The summed E-state index contributed by atoms with van der Waals surface area (Å²) >= 11 is 0. The lowest BCUT2D eigenvalue weighted by molar-refractivity contribution is 0.133. The lowest BCUT2D eigenvalue weighted by Gasteiger charge is -2.09. The Bertz CT molecular complexity index is 359. The predicted molar refractivity (Wildman–Crippen MR) is 159 cm³/mol. The van der Waals surface area contributed by atoms with E-state index in [1.165, 1.54) is 180 Å². The quantitative estimate of drug-likeness (QED) is 0.0740. The van der Waals surface area contributed by atoms with E-state index in [1.54, 1.807) is 0 Å². The van der Waals surface area contributed by atoms with Crippen molar-refractivity contribution in [2.75, 3.05) is 6.54 Å². The van der Waals surface area contributed by atoms with E-state index >= 15 is 0 Å². The van der Waals surface area contributed by atoms with Crippen LogP contribution < -0.4 is 5.32 Å². The SMILES string of the molecule is CCCCCCCCCCCCCCCCCCCCCCCCCCCCCCNC(O)CC. The van der Waals surface area contributed by atoms with E-state index < -0.39 is 0 Å². The van der Waals surface area contributed by atoms with Gasteiger partial charge in [0.25, 0.3) is 0 Å². The van der Waals surface area contributed by atoms with Crippen molar-refractivity contribution >= 4 is 0 Å². The van der Waals surface area contributed by atoms with Crippen LogP contribution in [-0.4, -0.2) is 17.9 Å². The molecule has 2 N–H and O–H groups in total. The first-order valence-corrected chi connectivity index (χ1v) is 16.7. The van der Waals surface area contributed by atoms with Gasteiger partial charge in [0.2, 0.25) is 0 Å². The summed E-state index contributed by atoms with van der Waals surface area (Å²) in [6.45, 7) is 5.28. The maximum atomic E-state index is 9.45. The molecule has 0 rings (SSSR count). The Morgan fingerprint density at radius 2 is 0.600 bits per heavy atom. The largest absolute Gasteiger partial charge is 0.379 e. The third-order valence-corrected chi connectivity index (χ3v) is 7.80. The summed E-state index contributed by atoms with van der Waals surface area (Å²) in [6, 6.07) is 0. The van der Waals surface area contributed by atoms with Crippen LogP contribution in [0.2, 0.25) is 0 Å². The molecule has 0 aromatic heterocycles. The Morgan fingerprint density at radius 3 is 0.829 bits per heavy atom. The van der Waals surface area contributed by atoms with Crippen LogP contribution in [0.15, 0.2) is 0 Å². The zero-order valence-electron chi connectivity index (χ0n) is 24.7. The van der Waals surface area contributed by atoms with Crippen molar-refractivity contribution in [3.8, 4) is 0 Å². The third kappa shape index (κ3) is 31.9. The molecule has 0 saturated carbocycles. The van der Waals surface area contributed by atoms with Crippen LogP contribution in [0.3, 0.4) is 0 Å². The summed E-state index contributed by atoms with van der Waals surface area (Å²) in [6.07, 6.45) is 40.9. The second kappa shape index (κ2) is 31.9. The molecule has 2 heteroatoms. The monoisotopic (exact) mass is 496 g/mol. The normalized spacial score (nSPS) is 12.4. The molecule has 0 bridgehead atoms. The van der Waals surface area contributed by atoms with Gasteiger partial charge in [-0.3, -0.25) is 5.32 Å². The molecule has 0 saturated heterocycles. The molecule has 0 aromatic rings. The first-order chi connectivity index (χ1) is 17.3. The fraction of sp³-hybridized carbons (Fsp3) is 1.00. The number of hydrogen-bond acceptors (Lipinski definition) is 2. The zero-order chi connectivity index (χ0) is 25.5. The van der Waals surface area contributed by atoms with Crippen molar-refractivity contribution < 1.29 is 5.11 Å². The molecule has 0 aliphatic rings. The van der Waals surface area contributed by atoms with Gasteiger partial charge in [-0.25, -0.2) is 0 Å². The van der Waals surface area contributed by atoms with Crippen molar-refractivity contribution in [3.05, 3.63) is 0 Å². The maximum absolute atomic E-state index is 9.45. The summed E-state index contributed by atoms with van der Waals surface area (Å²) in [7, 11) is 0. The Morgan fingerprint density at radius 1 is 0.371 bits per heavy atom. The fourth-order valence-corrected chi connectivity index (χ4v) is 5.21. The van der Waals surface area contributed by atoms with Gasteiger partial charge in [-0.15, -0.1) is 0 Å². The summed E-state index contributed by atoms with van der Waals surface area (Å²) in [4.78, 5) is 0. The molecule has 212 valence electrons. The van der Waals surface area contributed by atoms with Crippen molar-refractivity contribution in [1.82, 2.24) is 5.32 Å². The summed E-state index contributed by atoms with van der Waals surface area (Å²) in [5.41, 5.74) is 0. The molecule has 0 heterocycles. The van der Waals surface area contributed by atoms with Crippen LogP contribution in [0.4, 0.5) is 0 Å². The smallest absolute Gasteiger partial charge is 0.104 e. The van der Waals surface area contributed by atoms with Gasteiger partial charge in [0.1, 0.15) is 6.23 Å². The number of aliphatic hydroxyl groups is 1. The molecule has 0 fully saturated rings. The summed E-state index contributed by atoms with van der Waals surface area (Å²) < 4.78 is 0. The van der Waals surface area contributed by atoms with E-state index in [-0.39, 0.29) is 6.23 Å². The van der Waals surface area contributed by atoms with E-state index in [0.29, 0.717) is 0 Å². The topological polar surface area (TPSA) is 32.3 Å². The average molecular weight is 496 g/mol. The van der Waals surface area contributed by atoms with E-state index in [4.69, 9.17) is 0 Å². The van der Waals surface area contributed by atoms with Gasteiger partial charge in [-0.05, 0) is 19.4 Å². The molecule has 0 amide bonds. The van der Waals surface area contributed by atoms with Crippen LogP contribution >= 0.6 is 0 Å². The van der Waals surface area contributed by atoms with Crippen LogP contribution in [0.25, 0.3) is 0 Å². The minimum absolute atomic E-state index is 0.302. The highest BCUT2D eigenvalue weighted by Crippen LogP contribution is 2.16. The van der Waals surface area contributed by atoms with Gasteiger partial charge in [0.15, 0.2) is 0 Å². The van der Waals surface area contributed by atoms with Crippen molar-refractivity contribution in [2.24, 2.45) is 0 Å². The van der Waals surface area contributed by atoms with Crippen LogP contribution in [0.1, 0.15) is 200 Å². The first kappa shape index (κ1) is 34.9. The molecule has 0 aromatic carbocycles. The Labute approximate surface area is 223 Å². The van der Waals surface area contributed by atoms with Crippen LogP contribution in [0, 0.1) is 0 Å². The number of hydrogen-bond donors (Lipinski definition) is 2. The van der Waals surface area contributed by atoms with Gasteiger partial charge < -0.3 is 5.11 Å². The van der Waals surface area contributed by atoms with E-state index in [1.807, 2.05) is 6.92 Å². The molecule has 0 aliphatic carbocycles. The Balaban J connectivity index is 3.02. The molecule has 1 atom stereocenters. The minimum atomic E-state index is -0.302. The molecule has 0 radical (unpaired) electrons. The zero-order valence-corrected chi connectivity index (χ0v) is 24.7. The third-order valence-electron chi connectivity index (χ3n) is 7.80. The molecule has 2 nitrogen and oxygen atoms in total. The second-order valence-corrected chi connectivity index (χ2v) is 11.4. The Hall–Kier alpha value is -0.0800. The van der Waals surface area contributed by atoms with E-state index in [2.05, 4.69) is 12.2 Å². The molecule has 1 unspecified atom stereocenters. The first-order valence-electron chi connectivity index (χ1n) is 16.7. The molecule has 0 spiro atoms. The number of rotatable bonds is 31. The molecule has 35 heavy (non-hydrogen) atoms. The summed E-state index contributed by atoms with van der Waals surface area (Å²) in [5, 5.41) is 12.6. The number of nitrogens with one attached hydrogen (secondary N) is 1. The summed E-state index contributed by atoms with van der Waals surface area (Å²) in [5.74, 6) is 0. The molecular weight excluding hydrogens is 426 g/mol. The van der Waals surface area contributed by atoms with Crippen molar-refractivity contribution in [1.29, 1.82) is 0 Å². The fourth-order valence-electron chi connectivity index (χ4n) is 5.21. The van der Waals surface area contributed by atoms with Gasteiger partial charge in [0, 0.05) is 0 Å². The lowest BCUT2D eigenvalue weighted by atomic mass is 10.0. The van der Waals surface area contributed by atoms with Crippen LogP contribution in [-0.2, 0) is 0 Å². The van der Waals surface area contributed by atoms with Crippen LogP contribution in [0.5, 0.6) is 0 Å². The number of unbranched alkanes of at least 4 members (excludes halogenated alkanes) is 27. The van der Waals surface area contributed by atoms with Gasteiger partial charge in [-0.2, -0.15) is 0 Å². The van der Waals surface area contributed by atoms with Gasteiger partial charge >= 0.3 is 0 Å². The van der Waals surface area contributed by atoms with E-state index in [0.717, 1.165) is 13.0 Å². The Kier molecular flexibility index (Phi) is 31.9. The highest BCUT2D eigenvalue weighted by molar-refractivity contribution is 4.54. The minimum Gasteiger partial charge on any atom is -0.379 e. The van der Waals surface area contributed by atoms with Gasteiger partial charge in [-0.1, -0.05) is 187 Å². The van der Waals surface area contributed by atoms with E-state index in [9.17, 15) is 5.11 Å². The van der Waals surface area contributed by atoms with Crippen molar-refractivity contribution in [2.45, 2.75) is 206 Å². The highest BCUT2D eigenvalue weighted by Gasteiger charge is 1.98. The predicted octanol–water partition coefficient (Wildman–Crippen LogP) is 11.2. The lowest BCUT2D eigenvalue weighted by Crippen LogP contribution is -2.28. The van der Waals surface area contributed by atoms with Gasteiger partial charge in [0.05, 0.1) is 0 Å².